The van der Waals surface area contributed by atoms with E-state index in [2.05, 4.69) is 10.6 Å². The Labute approximate surface area is 166 Å². The smallest absolute Gasteiger partial charge is 0.251 e. The molecule has 0 saturated carbocycles. The van der Waals surface area contributed by atoms with E-state index in [1.807, 2.05) is 32.0 Å². The third-order valence-corrected chi connectivity index (χ3v) is 5.50. The van der Waals surface area contributed by atoms with E-state index in [-0.39, 0.29) is 17.4 Å². The standard InChI is InChI=1S/C18H20ClN3O2S2/c1-3-12-10(2)26-17(15(12)16(20)24)22-18(25)21-14(23)9-8-11-6-4-5-7-13(11)19/h4-7H,3,8-9H2,1-2H3,(H2,20,24)(H2,21,22,23,25). The number of amides is 2. The molecule has 0 aliphatic heterocycles. The van der Waals surface area contributed by atoms with Crippen LogP contribution in [0.15, 0.2) is 24.3 Å². The van der Waals surface area contributed by atoms with E-state index < -0.39 is 5.91 Å². The van der Waals surface area contributed by atoms with Crippen molar-refractivity contribution >= 4 is 57.1 Å². The van der Waals surface area contributed by atoms with E-state index >= 15 is 0 Å². The van der Waals surface area contributed by atoms with Gasteiger partial charge in [0.1, 0.15) is 5.00 Å². The summed E-state index contributed by atoms with van der Waals surface area (Å²) in [5, 5.41) is 6.87. The van der Waals surface area contributed by atoms with Crippen LogP contribution in [0.5, 0.6) is 0 Å². The minimum atomic E-state index is -0.512. The van der Waals surface area contributed by atoms with Gasteiger partial charge in [0.25, 0.3) is 5.91 Å². The molecule has 0 fully saturated rings. The molecule has 0 unspecified atom stereocenters. The lowest BCUT2D eigenvalue weighted by molar-refractivity contribution is -0.119. The van der Waals surface area contributed by atoms with Crippen LogP contribution in [0.2, 0.25) is 5.02 Å². The highest BCUT2D eigenvalue weighted by molar-refractivity contribution is 7.80. The van der Waals surface area contributed by atoms with Crippen LogP contribution < -0.4 is 16.4 Å². The lowest BCUT2D eigenvalue weighted by Gasteiger charge is -2.10. The minimum absolute atomic E-state index is 0.139. The number of anilines is 1. The molecule has 2 amide bonds. The van der Waals surface area contributed by atoms with E-state index in [4.69, 9.17) is 29.6 Å². The maximum Gasteiger partial charge on any atom is 0.251 e. The summed E-state index contributed by atoms with van der Waals surface area (Å²) in [6.45, 7) is 3.88. The lowest BCUT2D eigenvalue weighted by atomic mass is 10.1. The largest absolute Gasteiger partial charge is 0.365 e. The molecule has 138 valence electrons. The number of primary amides is 1. The Hall–Kier alpha value is -1.96. The average Bonchev–Trinajstić information content (AvgIpc) is 2.89. The molecule has 2 aromatic rings. The summed E-state index contributed by atoms with van der Waals surface area (Å²) in [5.41, 5.74) is 7.73. The predicted molar refractivity (Wildman–Crippen MR) is 111 cm³/mol. The molecule has 4 N–H and O–H groups in total. The minimum Gasteiger partial charge on any atom is -0.365 e. The quantitative estimate of drug-likeness (QED) is 0.633. The highest BCUT2D eigenvalue weighted by Gasteiger charge is 2.20. The van der Waals surface area contributed by atoms with Crippen molar-refractivity contribution in [1.82, 2.24) is 5.32 Å². The molecule has 0 bridgehead atoms. The molecule has 8 heteroatoms. The summed E-state index contributed by atoms with van der Waals surface area (Å²) in [7, 11) is 0. The number of nitrogens with one attached hydrogen (secondary N) is 2. The summed E-state index contributed by atoms with van der Waals surface area (Å²) in [5.74, 6) is -0.742. The molecule has 0 saturated heterocycles. The van der Waals surface area contributed by atoms with E-state index in [1.165, 1.54) is 11.3 Å². The fourth-order valence-electron chi connectivity index (χ4n) is 2.63. The van der Waals surface area contributed by atoms with E-state index in [1.54, 1.807) is 6.07 Å². The Morgan fingerprint density at radius 3 is 2.62 bits per heavy atom. The van der Waals surface area contributed by atoms with Crippen molar-refractivity contribution in [3.8, 4) is 0 Å². The molecule has 0 atom stereocenters. The fraction of sp³-hybridized carbons (Fsp3) is 0.278. The predicted octanol–water partition coefficient (Wildman–Crippen LogP) is 3.82. The number of rotatable bonds is 6. The first kappa shape index (κ1) is 20.4. The third kappa shape index (κ3) is 5.03. The highest BCUT2D eigenvalue weighted by Crippen LogP contribution is 2.33. The lowest BCUT2D eigenvalue weighted by Crippen LogP contribution is -2.34. The van der Waals surface area contributed by atoms with Crippen LogP contribution in [0.4, 0.5) is 5.00 Å². The van der Waals surface area contributed by atoms with Crippen LogP contribution >= 0.6 is 35.2 Å². The second kappa shape index (κ2) is 9.12. The number of hydrogen-bond donors (Lipinski definition) is 3. The Morgan fingerprint density at radius 2 is 2.00 bits per heavy atom. The molecular formula is C18H20ClN3O2S2. The monoisotopic (exact) mass is 409 g/mol. The zero-order valence-electron chi connectivity index (χ0n) is 14.5. The summed E-state index contributed by atoms with van der Waals surface area (Å²) in [4.78, 5) is 24.9. The zero-order valence-corrected chi connectivity index (χ0v) is 16.9. The number of nitrogens with two attached hydrogens (primary N) is 1. The molecule has 5 nitrogen and oxygen atoms in total. The molecular weight excluding hydrogens is 390 g/mol. The first-order valence-corrected chi connectivity index (χ1v) is 9.70. The number of halogens is 1. The van der Waals surface area contributed by atoms with Crippen molar-refractivity contribution < 1.29 is 9.59 Å². The van der Waals surface area contributed by atoms with Crippen LogP contribution in [-0.4, -0.2) is 16.9 Å². The highest BCUT2D eigenvalue weighted by atomic mass is 35.5. The molecule has 2 rings (SSSR count). The Balaban J connectivity index is 1.97. The fourth-order valence-corrected chi connectivity index (χ4v) is 4.29. The van der Waals surface area contributed by atoms with Gasteiger partial charge in [-0.1, -0.05) is 36.7 Å². The molecule has 0 aliphatic rings. The molecule has 0 spiro atoms. The Kier molecular flexibility index (Phi) is 7.14. The normalized spacial score (nSPS) is 10.4. The van der Waals surface area contributed by atoms with Crippen molar-refractivity contribution in [2.24, 2.45) is 5.73 Å². The molecule has 1 aromatic heterocycles. The van der Waals surface area contributed by atoms with Gasteiger partial charge in [-0.15, -0.1) is 11.3 Å². The van der Waals surface area contributed by atoms with Gasteiger partial charge in [0.05, 0.1) is 5.56 Å². The second-order valence-electron chi connectivity index (χ2n) is 5.65. The second-order valence-corrected chi connectivity index (χ2v) is 7.69. The van der Waals surface area contributed by atoms with Crippen molar-refractivity contribution in [2.75, 3.05) is 5.32 Å². The maximum atomic E-state index is 12.1. The van der Waals surface area contributed by atoms with Crippen molar-refractivity contribution in [1.29, 1.82) is 0 Å². The van der Waals surface area contributed by atoms with E-state index in [9.17, 15) is 9.59 Å². The van der Waals surface area contributed by atoms with Gasteiger partial charge >= 0.3 is 0 Å². The number of carbonyl (C=O) groups is 2. The van der Waals surface area contributed by atoms with Gasteiger partial charge in [-0.25, -0.2) is 0 Å². The maximum absolute atomic E-state index is 12.1. The Bertz CT molecular complexity index is 849. The van der Waals surface area contributed by atoms with Crippen LogP contribution in [0.25, 0.3) is 0 Å². The number of aryl methyl sites for hydroxylation is 2. The van der Waals surface area contributed by atoms with Gasteiger partial charge in [0.15, 0.2) is 5.11 Å². The van der Waals surface area contributed by atoms with Gasteiger partial charge in [-0.2, -0.15) is 0 Å². The summed E-state index contributed by atoms with van der Waals surface area (Å²) >= 11 is 12.7. The van der Waals surface area contributed by atoms with Crippen molar-refractivity contribution in [2.45, 2.75) is 33.1 Å². The van der Waals surface area contributed by atoms with Crippen LogP contribution in [0.1, 0.15) is 39.7 Å². The van der Waals surface area contributed by atoms with Gasteiger partial charge in [-0.05, 0) is 49.2 Å². The number of carbonyl (C=O) groups excluding carboxylic acids is 2. The first-order valence-electron chi connectivity index (χ1n) is 8.09. The third-order valence-electron chi connectivity index (χ3n) is 3.87. The summed E-state index contributed by atoms with van der Waals surface area (Å²) < 4.78 is 0. The van der Waals surface area contributed by atoms with Crippen LogP contribution in [0, 0.1) is 6.92 Å². The molecule has 0 aliphatic carbocycles. The number of thiocarbonyl (C=S) groups is 1. The van der Waals surface area contributed by atoms with E-state index in [0.29, 0.717) is 28.4 Å². The van der Waals surface area contributed by atoms with Gasteiger partial charge < -0.3 is 16.4 Å². The number of thiophene rings is 1. The van der Waals surface area contributed by atoms with Gasteiger partial charge in [-0.3, -0.25) is 9.59 Å². The molecule has 26 heavy (non-hydrogen) atoms. The molecule has 1 heterocycles. The number of hydrogen-bond acceptors (Lipinski definition) is 4. The van der Waals surface area contributed by atoms with E-state index in [0.717, 1.165) is 16.0 Å². The van der Waals surface area contributed by atoms with Crippen molar-refractivity contribution in [3.63, 3.8) is 0 Å². The zero-order chi connectivity index (χ0) is 19.3. The van der Waals surface area contributed by atoms with Crippen LogP contribution in [0.3, 0.4) is 0 Å². The summed E-state index contributed by atoms with van der Waals surface area (Å²) in [6, 6.07) is 7.39. The summed E-state index contributed by atoms with van der Waals surface area (Å²) in [6.07, 6.45) is 1.45. The van der Waals surface area contributed by atoms with Gasteiger partial charge in [0.2, 0.25) is 5.91 Å². The van der Waals surface area contributed by atoms with Crippen LogP contribution in [-0.2, 0) is 17.6 Å². The topological polar surface area (TPSA) is 84.2 Å². The number of benzene rings is 1. The Morgan fingerprint density at radius 1 is 1.31 bits per heavy atom. The molecule has 0 radical (unpaired) electrons. The first-order chi connectivity index (χ1) is 12.3. The van der Waals surface area contributed by atoms with Crippen molar-refractivity contribution in [3.05, 3.63) is 50.9 Å². The van der Waals surface area contributed by atoms with Gasteiger partial charge in [0, 0.05) is 16.3 Å². The average molecular weight is 410 g/mol. The molecule has 1 aromatic carbocycles. The SMILES string of the molecule is CCc1c(C)sc(NC(=S)NC(=O)CCc2ccccc2Cl)c1C(N)=O.